The molecule has 1 saturated heterocycles. The van der Waals surface area contributed by atoms with Crippen molar-refractivity contribution >= 4 is 15.5 Å². The van der Waals surface area contributed by atoms with Crippen molar-refractivity contribution in [3.8, 4) is 0 Å². The first kappa shape index (κ1) is 12.4. The molecule has 17 heavy (non-hydrogen) atoms. The highest BCUT2D eigenvalue weighted by Crippen LogP contribution is 2.23. The fraction of sp³-hybridized carbons (Fsp3) is 0.500. The highest BCUT2D eigenvalue weighted by molar-refractivity contribution is 7.91. The van der Waals surface area contributed by atoms with E-state index in [1.165, 1.54) is 5.56 Å². The minimum absolute atomic E-state index is 0.241. The Morgan fingerprint density at radius 2 is 1.94 bits per heavy atom. The molecule has 1 aromatic rings. The van der Waals surface area contributed by atoms with Crippen LogP contribution in [0, 0.1) is 6.92 Å². The average Bonchev–Trinajstić information content (AvgIpc) is 2.29. The molecule has 0 saturated carbocycles. The summed E-state index contributed by atoms with van der Waals surface area (Å²) in [6.07, 6.45) is 0. The van der Waals surface area contributed by atoms with Crippen LogP contribution in [0.4, 0.5) is 5.69 Å². The van der Waals surface area contributed by atoms with Gasteiger partial charge in [0.15, 0.2) is 9.84 Å². The van der Waals surface area contributed by atoms with Gasteiger partial charge >= 0.3 is 0 Å². The molecule has 2 rings (SSSR count). The number of nitrogens with zero attached hydrogens (tertiary/aromatic N) is 1. The molecule has 1 fully saturated rings. The first-order valence-electron chi connectivity index (χ1n) is 5.77. The van der Waals surface area contributed by atoms with E-state index >= 15 is 0 Å². The van der Waals surface area contributed by atoms with Crippen molar-refractivity contribution in [2.45, 2.75) is 13.5 Å². The van der Waals surface area contributed by atoms with Crippen molar-refractivity contribution < 1.29 is 8.42 Å². The summed E-state index contributed by atoms with van der Waals surface area (Å²) in [6.45, 7) is 3.65. The van der Waals surface area contributed by atoms with E-state index < -0.39 is 9.84 Å². The Hall–Kier alpha value is -1.07. The summed E-state index contributed by atoms with van der Waals surface area (Å²) in [5.74, 6) is 0.482. The molecule has 0 spiro atoms. The number of nitrogens with two attached hydrogens (primary N) is 1. The van der Waals surface area contributed by atoms with E-state index in [9.17, 15) is 8.42 Å². The van der Waals surface area contributed by atoms with Crippen molar-refractivity contribution in [1.82, 2.24) is 0 Å². The summed E-state index contributed by atoms with van der Waals surface area (Å²) in [4.78, 5) is 2.11. The third-order valence-electron chi connectivity index (χ3n) is 3.14. The Bertz CT molecular complexity index is 497. The Labute approximate surface area is 102 Å². The molecule has 1 aliphatic rings. The van der Waals surface area contributed by atoms with Gasteiger partial charge in [-0.2, -0.15) is 0 Å². The number of hydrogen-bond acceptors (Lipinski definition) is 4. The van der Waals surface area contributed by atoms with Gasteiger partial charge in [-0.1, -0.05) is 17.7 Å². The Morgan fingerprint density at radius 1 is 1.29 bits per heavy atom. The summed E-state index contributed by atoms with van der Waals surface area (Å²) in [5, 5.41) is 0. The van der Waals surface area contributed by atoms with E-state index in [4.69, 9.17) is 5.73 Å². The van der Waals surface area contributed by atoms with Crippen molar-refractivity contribution in [3.63, 3.8) is 0 Å². The molecule has 0 atom stereocenters. The molecule has 2 N–H and O–H groups in total. The van der Waals surface area contributed by atoms with Crippen LogP contribution in [0.5, 0.6) is 0 Å². The molecule has 4 nitrogen and oxygen atoms in total. The SMILES string of the molecule is Cc1ccc(N2CCS(=O)(=O)CC2)c(CN)c1. The quantitative estimate of drug-likeness (QED) is 0.843. The lowest BCUT2D eigenvalue weighted by Gasteiger charge is -2.30. The van der Waals surface area contributed by atoms with Gasteiger partial charge < -0.3 is 10.6 Å². The van der Waals surface area contributed by atoms with Gasteiger partial charge in [0.25, 0.3) is 0 Å². The monoisotopic (exact) mass is 254 g/mol. The summed E-state index contributed by atoms with van der Waals surface area (Å²) in [7, 11) is -2.82. The number of rotatable bonds is 2. The molecule has 0 aliphatic carbocycles. The van der Waals surface area contributed by atoms with Gasteiger partial charge in [-0.25, -0.2) is 8.42 Å². The van der Waals surface area contributed by atoms with E-state index in [1.54, 1.807) is 0 Å². The molecule has 1 aromatic carbocycles. The number of sulfone groups is 1. The Balaban J connectivity index is 2.24. The zero-order chi connectivity index (χ0) is 12.5. The van der Waals surface area contributed by atoms with Crippen LogP contribution in [0.2, 0.25) is 0 Å². The molecule has 5 heteroatoms. The molecule has 0 unspecified atom stereocenters. The zero-order valence-corrected chi connectivity index (χ0v) is 10.8. The maximum absolute atomic E-state index is 11.4. The van der Waals surface area contributed by atoms with E-state index in [0.717, 1.165) is 11.3 Å². The van der Waals surface area contributed by atoms with Crippen molar-refractivity contribution in [2.75, 3.05) is 29.5 Å². The van der Waals surface area contributed by atoms with Crippen LogP contribution in [-0.2, 0) is 16.4 Å². The van der Waals surface area contributed by atoms with Gasteiger partial charge in [-0.05, 0) is 18.6 Å². The van der Waals surface area contributed by atoms with E-state index in [-0.39, 0.29) is 11.5 Å². The van der Waals surface area contributed by atoms with Crippen LogP contribution < -0.4 is 10.6 Å². The van der Waals surface area contributed by atoms with Gasteiger partial charge in [0.2, 0.25) is 0 Å². The van der Waals surface area contributed by atoms with Gasteiger partial charge in [-0.15, -0.1) is 0 Å². The molecule has 0 amide bonds. The lowest BCUT2D eigenvalue weighted by atomic mass is 10.1. The second-order valence-corrected chi connectivity index (χ2v) is 6.78. The van der Waals surface area contributed by atoms with Crippen molar-refractivity contribution in [2.24, 2.45) is 5.73 Å². The van der Waals surface area contributed by atoms with Gasteiger partial charge in [-0.3, -0.25) is 0 Å². The first-order chi connectivity index (χ1) is 8.02. The van der Waals surface area contributed by atoms with Crippen LogP contribution in [0.1, 0.15) is 11.1 Å². The number of hydrogen-bond donors (Lipinski definition) is 1. The van der Waals surface area contributed by atoms with Gasteiger partial charge in [0.1, 0.15) is 0 Å². The Kier molecular flexibility index (Phi) is 3.40. The molecule has 1 aliphatic heterocycles. The lowest BCUT2D eigenvalue weighted by molar-refractivity contribution is 0.586. The topological polar surface area (TPSA) is 63.4 Å². The van der Waals surface area contributed by atoms with Gasteiger partial charge in [0.05, 0.1) is 11.5 Å². The lowest BCUT2D eigenvalue weighted by Crippen LogP contribution is -2.40. The smallest absolute Gasteiger partial charge is 0.153 e. The van der Waals surface area contributed by atoms with Crippen LogP contribution in [0.15, 0.2) is 18.2 Å². The highest BCUT2D eigenvalue weighted by atomic mass is 32.2. The maximum atomic E-state index is 11.4. The predicted octanol–water partition coefficient (Wildman–Crippen LogP) is 0.689. The molecular weight excluding hydrogens is 236 g/mol. The van der Waals surface area contributed by atoms with Crippen LogP contribution in [-0.4, -0.2) is 33.0 Å². The number of aryl methyl sites for hydroxylation is 1. The molecule has 94 valence electrons. The van der Waals surface area contributed by atoms with Crippen molar-refractivity contribution in [3.05, 3.63) is 29.3 Å². The minimum Gasteiger partial charge on any atom is -0.369 e. The predicted molar refractivity (Wildman–Crippen MR) is 69.9 cm³/mol. The second kappa shape index (κ2) is 4.66. The number of anilines is 1. The third-order valence-corrected chi connectivity index (χ3v) is 4.75. The molecule has 0 aromatic heterocycles. The zero-order valence-electron chi connectivity index (χ0n) is 10.0. The molecule has 1 heterocycles. The summed E-state index contributed by atoms with van der Waals surface area (Å²) < 4.78 is 22.8. The summed E-state index contributed by atoms with van der Waals surface area (Å²) >= 11 is 0. The third kappa shape index (κ3) is 2.79. The highest BCUT2D eigenvalue weighted by Gasteiger charge is 2.22. The van der Waals surface area contributed by atoms with E-state index in [0.29, 0.717) is 19.6 Å². The fourth-order valence-corrected chi connectivity index (χ4v) is 3.34. The van der Waals surface area contributed by atoms with E-state index in [1.807, 2.05) is 19.1 Å². The van der Waals surface area contributed by atoms with Crippen LogP contribution in [0.25, 0.3) is 0 Å². The van der Waals surface area contributed by atoms with Crippen LogP contribution in [0.3, 0.4) is 0 Å². The molecule has 0 radical (unpaired) electrons. The van der Waals surface area contributed by atoms with Gasteiger partial charge in [0, 0.05) is 25.3 Å². The fourth-order valence-electron chi connectivity index (χ4n) is 2.14. The maximum Gasteiger partial charge on any atom is 0.153 e. The summed E-state index contributed by atoms with van der Waals surface area (Å²) in [6, 6.07) is 6.14. The average molecular weight is 254 g/mol. The summed E-state index contributed by atoms with van der Waals surface area (Å²) in [5.41, 5.74) is 9.08. The van der Waals surface area contributed by atoms with Crippen LogP contribution >= 0.6 is 0 Å². The number of benzene rings is 1. The van der Waals surface area contributed by atoms with Crippen molar-refractivity contribution in [1.29, 1.82) is 0 Å². The largest absolute Gasteiger partial charge is 0.369 e. The molecular formula is C12H18N2O2S. The first-order valence-corrected chi connectivity index (χ1v) is 7.59. The second-order valence-electron chi connectivity index (χ2n) is 4.48. The minimum atomic E-state index is -2.82. The Morgan fingerprint density at radius 3 is 2.53 bits per heavy atom. The molecule has 0 bridgehead atoms. The normalized spacial score (nSPS) is 19.3. The van der Waals surface area contributed by atoms with E-state index in [2.05, 4.69) is 11.0 Å². The standard InChI is InChI=1S/C12H18N2O2S/c1-10-2-3-12(11(8-10)9-13)14-4-6-17(15,16)7-5-14/h2-3,8H,4-7,9,13H2,1H3.